The van der Waals surface area contributed by atoms with Crippen LogP contribution in [0, 0.1) is 23.7 Å². The lowest BCUT2D eigenvalue weighted by Crippen LogP contribution is -1.77. The molecule has 0 spiro atoms. The Hall–Kier alpha value is -3.36. The Balaban J connectivity index is 4.52. The second-order valence-corrected chi connectivity index (χ2v) is 5.29. The predicted octanol–water partition coefficient (Wildman–Crippen LogP) is 4.84. The zero-order valence-corrected chi connectivity index (χ0v) is 15.7. The van der Waals surface area contributed by atoms with Crippen molar-refractivity contribution in [2.75, 3.05) is 0 Å². The molecule has 0 aromatic rings. The maximum Gasteiger partial charge on any atom is 0.152 e. The molecule has 0 fully saturated rings. The highest BCUT2D eigenvalue weighted by atomic mass is 16.1. The lowest BCUT2D eigenvalue weighted by atomic mass is 10.2. The molecule has 0 bridgehead atoms. The van der Waals surface area contributed by atoms with Crippen molar-refractivity contribution in [3.63, 3.8) is 0 Å². The van der Waals surface area contributed by atoms with E-state index in [0.717, 1.165) is 11.1 Å². The molecule has 0 aliphatic heterocycles. The molecule has 0 amide bonds. The molecule has 0 saturated carbocycles. The molecule has 0 saturated heterocycles. The summed E-state index contributed by atoms with van der Waals surface area (Å²) in [4.78, 5) is 21.4. The topological polar surface area (TPSA) is 34.1 Å². The van der Waals surface area contributed by atoms with Gasteiger partial charge in [0.15, 0.2) is 11.6 Å². The number of carbonyl (C=O) groups excluding carboxylic acids is 2. The van der Waals surface area contributed by atoms with E-state index in [2.05, 4.69) is 23.7 Å². The average molecular weight is 344 g/mol. The maximum absolute atomic E-state index is 10.7. The van der Waals surface area contributed by atoms with Gasteiger partial charge < -0.3 is 0 Å². The van der Waals surface area contributed by atoms with Crippen LogP contribution in [0.2, 0.25) is 0 Å². The Morgan fingerprint density at radius 2 is 0.885 bits per heavy atom. The van der Waals surface area contributed by atoms with E-state index in [1.807, 2.05) is 50.3 Å². The van der Waals surface area contributed by atoms with Crippen LogP contribution in [0.1, 0.15) is 27.7 Å². The second kappa shape index (κ2) is 15.2. The molecular weight excluding hydrogens is 320 g/mol. The fourth-order valence-corrected chi connectivity index (χ4v) is 1.38. The number of hydrogen-bond donors (Lipinski definition) is 0. The molecule has 132 valence electrons. The Kier molecular flexibility index (Phi) is 13.2. The summed E-state index contributed by atoms with van der Waals surface area (Å²) in [5, 5.41) is 0. The van der Waals surface area contributed by atoms with Crippen molar-refractivity contribution in [2.24, 2.45) is 0 Å². The van der Waals surface area contributed by atoms with Crippen molar-refractivity contribution >= 4 is 11.6 Å². The molecule has 2 nitrogen and oxygen atoms in total. The number of hydrogen-bond acceptors (Lipinski definition) is 2. The van der Waals surface area contributed by atoms with E-state index >= 15 is 0 Å². The van der Waals surface area contributed by atoms with E-state index in [1.54, 1.807) is 24.3 Å². The third kappa shape index (κ3) is 17.0. The zero-order valence-electron chi connectivity index (χ0n) is 15.7. The molecule has 2 heteroatoms. The van der Waals surface area contributed by atoms with Crippen LogP contribution in [-0.4, -0.2) is 11.6 Å². The fraction of sp³-hybridized carbons (Fsp3) is 0.167. The Bertz CT molecular complexity index is 815. The van der Waals surface area contributed by atoms with E-state index in [0.29, 0.717) is 0 Å². The number of ketones is 2. The monoisotopic (exact) mass is 344 g/mol. The quantitative estimate of drug-likeness (QED) is 0.376. The van der Waals surface area contributed by atoms with Crippen molar-refractivity contribution in [1.82, 2.24) is 0 Å². The normalized spacial score (nSPS) is 12.8. The van der Waals surface area contributed by atoms with Gasteiger partial charge in [-0.15, -0.1) is 0 Å². The van der Waals surface area contributed by atoms with E-state index in [-0.39, 0.29) is 11.6 Å². The highest BCUT2D eigenvalue weighted by molar-refractivity contribution is 5.87. The van der Waals surface area contributed by atoms with Crippen molar-refractivity contribution in [2.45, 2.75) is 27.7 Å². The van der Waals surface area contributed by atoms with Crippen molar-refractivity contribution in [3.8, 4) is 23.7 Å². The lowest BCUT2D eigenvalue weighted by molar-refractivity contribution is -0.113. The van der Waals surface area contributed by atoms with Crippen LogP contribution in [0.15, 0.2) is 84.1 Å². The van der Waals surface area contributed by atoms with E-state index < -0.39 is 0 Å². The summed E-state index contributed by atoms with van der Waals surface area (Å²) in [6, 6.07) is 0. The molecular formula is C24H24O2. The van der Waals surface area contributed by atoms with Gasteiger partial charge in [-0.05, 0) is 62.8 Å². The lowest BCUT2D eigenvalue weighted by Gasteiger charge is -1.82. The molecule has 0 atom stereocenters. The van der Waals surface area contributed by atoms with E-state index in [4.69, 9.17) is 0 Å². The maximum atomic E-state index is 10.7. The van der Waals surface area contributed by atoms with Gasteiger partial charge in [0.2, 0.25) is 0 Å². The molecule has 0 unspecified atom stereocenters. The first kappa shape index (κ1) is 22.6. The molecule has 26 heavy (non-hydrogen) atoms. The van der Waals surface area contributed by atoms with Crippen LogP contribution in [0.4, 0.5) is 0 Å². The molecule has 0 rings (SSSR count). The minimum absolute atomic E-state index is 0.0181. The first-order valence-corrected chi connectivity index (χ1v) is 8.15. The number of rotatable bonds is 7. The predicted molar refractivity (Wildman–Crippen MR) is 110 cm³/mol. The molecule has 0 aromatic carbocycles. The van der Waals surface area contributed by atoms with Crippen LogP contribution in [0.5, 0.6) is 0 Å². The largest absolute Gasteiger partial charge is 0.295 e. The molecule has 0 aliphatic rings. The fourth-order valence-electron chi connectivity index (χ4n) is 1.38. The first-order chi connectivity index (χ1) is 12.4. The summed E-state index contributed by atoms with van der Waals surface area (Å²) in [5.74, 6) is 11.5. The van der Waals surface area contributed by atoms with Gasteiger partial charge in [0.1, 0.15) is 0 Å². The Morgan fingerprint density at radius 3 is 1.31 bits per heavy atom. The van der Waals surface area contributed by atoms with Crippen molar-refractivity contribution < 1.29 is 9.59 Å². The molecule has 0 aromatic heterocycles. The van der Waals surface area contributed by atoms with Crippen molar-refractivity contribution in [3.05, 3.63) is 84.1 Å². The minimum Gasteiger partial charge on any atom is -0.295 e. The summed E-state index contributed by atoms with van der Waals surface area (Å²) >= 11 is 0. The summed E-state index contributed by atoms with van der Waals surface area (Å²) in [6.45, 7) is 6.82. The zero-order chi connectivity index (χ0) is 19.6. The third-order valence-electron chi connectivity index (χ3n) is 2.60. The van der Waals surface area contributed by atoms with Gasteiger partial charge in [-0.3, -0.25) is 9.59 Å². The smallest absolute Gasteiger partial charge is 0.152 e. The van der Waals surface area contributed by atoms with Gasteiger partial charge in [0.25, 0.3) is 0 Å². The standard InChI is InChI=1S/C24H24O2/c1-21(15-9-6-5-7-11-19-23(3)25)17-13-14-18-22(2)16-10-8-12-20-24(4)26/h5-12,15-16,19-20H,1-4H3/b7-5+,9-6+,10-8+,19-11+,20-12+,21-15-,22-16-. The van der Waals surface area contributed by atoms with Gasteiger partial charge in [-0.2, -0.15) is 0 Å². The van der Waals surface area contributed by atoms with Gasteiger partial charge in [-0.25, -0.2) is 0 Å². The molecule has 0 radical (unpaired) electrons. The van der Waals surface area contributed by atoms with Crippen LogP contribution in [0.3, 0.4) is 0 Å². The summed E-state index contributed by atoms with van der Waals surface area (Å²) < 4.78 is 0. The third-order valence-corrected chi connectivity index (χ3v) is 2.60. The molecule has 0 heterocycles. The molecule has 0 aliphatic carbocycles. The highest BCUT2D eigenvalue weighted by Crippen LogP contribution is 1.92. The van der Waals surface area contributed by atoms with Crippen LogP contribution in [-0.2, 0) is 9.59 Å². The first-order valence-electron chi connectivity index (χ1n) is 8.15. The van der Waals surface area contributed by atoms with Gasteiger partial charge in [-0.1, -0.05) is 72.6 Å². The number of carbonyl (C=O) groups is 2. The van der Waals surface area contributed by atoms with Gasteiger partial charge in [0, 0.05) is 0 Å². The van der Waals surface area contributed by atoms with Gasteiger partial charge in [0.05, 0.1) is 0 Å². The van der Waals surface area contributed by atoms with Gasteiger partial charge >= 0.3 is 0 Å². The minimum atomic E-state index is 0.0181. The van der Waals surface area contributed by atoms with E-state index in [9.17, 15) is 9.59 Å². The highest BCUT2D eigenvalue weighted by Gasteiger charge is 1.79. The SMILES string of the molecule is CC(=O)/C=C/C=C/C=C(/C)C#CC#C\C(C)=C/C=C/C=C/C=C/C(C)=O. The average Bonchev–Trinajstić information content (AvgIpc) is 2.57. The number of allylic oxidation sites excluding steroid dienone is 14. The van der Waals surface area contributed by atoms with E-state index in [1.165, 1.54) is 26.0 Å². The second-order valence-electron chi connectivity index (χ2n) is 5.29. The van der Waals surface area contributed by atoms with Crippen LogP contribution in [0.25, 0.3) is 0 Å². The van der Waals surface area contributed by atoms with Crippen LogP contribution >= 0.6 is 0 Å². The van der Waals surface area contributed by atoms with Crippen LogP contribution < -0.4 is 0 Å². The molecule has 0 N–H and O–H groups in total. The Morgan fingerprint density at radius 1 is 0.538 bits per heavy atom. The Labute approximate surface area is 157 Å². The summed E-state index contributed by atoms with van der Waals surface area (Å²) in [7, 11) is 0. The summed E-state index contributed by atoms with van der Waals surface area (Å²) in [6.07, 6.45) is 21.1. The van der Waals surface area contributed by atoms with Crippen molar-refractivity contribution in [1.29, 1.82) is 0 Å². The summed E-state index contributed by atoms with van der Waals surface area (Å²) in [5.41, 5.74) is 1.79.